The first kappa shape index (κ1) is 14.6. The van der Waals surface area contributed by atoms with Crippen molar-refractivity contribution in [3.8, 4) is 0 Å². The molecule has 0 aliphatic heterocycles. The van der Waals surface area contributed by atoms with E-state index in [-0.39, 0.29) is 12.1 Å². The molecule has 5 nitrogen and oxygen atoms in total. The number of aromatic nitrogens is 2. The summed E-state index contributed by atoms with van der Waals surface area (Å²) in [5, 5.41) is 4.06. The minimum atomic E-state index is -0.508. The number of rotatable bonds is 2. The van der Waals surface area contributed by atoms with Gasteiger partial charge in [-0.25, -0.2) is 4.79 Å². The molecule has 1 heterocycles. The van der Waals surface area contributed by atoms with E-state index in [1.54, 1.807) is 25.0 Å². The summed E-state index contributed by atoms with van der Waals surface area (Å²) >= 11 is 0. The normalized spacial score (nSPS) is 13.2. The largest absolute Gasteiger partial charge is 0.444 e. The van der Waals surface area contributed by atoms with Crippen molar-refractivity contribution < 1.29 is 9.53 Å². The summed E-state index contributed by atoms with van der Waals surface area (Å²) in [7, 11) is 9.27. The second-order valence-electron chi connectivity index (χ2n) is 5.41. The van der Waals surface area contributed by atoms with Crippen LogP contribution in [0.15, 0.2) is 6.20 Å². The van der Waals surface area contributed by atoms with E-state index in [1.807, 2.05) is 27.7 Å². The van der Waals surface area contributed by atoms with E-state index in [1.165, 1.54) is 4.90 Å². The van der Waals surface area contributed by atoms with Gasteiger partial charge in [-0.15, -0.1) is 0 Å². The van der Waals surface area contributed by atoms with E-state index < -0.39 is 5.60 Å². The predicted molar refractivity (Wildman–Crippen MR) is 71.0 cm³/mol. The molecule has 0 fully saturated rings. The second kappa shape index (κ2) is 5.04. The summed E-state index contributed by atoms with van der Waals surface area (Å²) in [5.41, 5.74) is 0.734. The van der Waals surface area contributed by atoms with E-state index in [9.17, 15) is 4.79 Å². The van der Waals surface area contributed by atoms with Gasteiger partial charge in [-0.2, -0.15) is 5.10 Å². The summed E-state index contributed by atoms with van der Waals surface area (Å²) in [6, 6.07) is -0.187. The van der Waals surface area contributed by atoms with Gasteiger partial charge in [0, 0.05) is 31.4 Å². The highest BCUT2D eigenvalue weighted by Gasteiger charge is 2.25. The van der Waals surface area contributed by atoms with Crippen LogP contribution >= 0.6 is 0 Å². The van der Waals surface area contributed by atoms with Crippen molar-refractivity contribution in [2.75, 3.05) is 7.05 Å². The Bertz CT molecular complexity index is 437. The van der Waals surface area contributed by atoms with Crippen molar-refractivity contribution in [2.45, 2.75) is 39.3 Å². The summed E-state index contributed by atoms with van der Waals surface area (Å²) in [5.74, 6) is 0. The molecule has 1 unspecified atom stereocenters. The molecule has 6 heteroatoms. The molecule has 0 aliphatic carbocycles. The Kier molecular flexibility index (Phi) is 4.09. The highest BCUT2D eigenvalue weighted by molar-refractivity contribution is 6.31. The molecule has 18 heavy (non-hydrogen) atoms. The van der Waals surface area contributed by atoms with Crippen LogP contribution in [0.5, 0.6) is 0 Å². The fourth-order valence-corrected chi connectivity index (χ4v) is 1.55. The molecule has 0 saturated carbocycles. The first-order valence-electron chi connectivity index (χ1n) is 5.86. The van der Waals surface area contributed by atoms with Crippen LogP contribution in [-0.2, 0) is 11.8 Å². The molecule has 98 valence electrons. The van der Waals surface area contributed by atoms with Gasteiger partial charge in [0.15, 0.2) is 0 Å². The van der Waals surface area contributed by atoms with E-state index in [0.29, 0.717) is 5.59 Å². The Morgan fingerprint density at radius 3 is 2.50 bits per heavy atom. The topological polar surface area (TPSA) is 47.4 Å². The van der Waals surface area contributed by atoms with Crippen molar-refractivity contribution in [1.29, 1.82) is 0 Å². The molecule has 1 amide bonds. The SMILES string of the molecule is [B]c1nn(C)cc1C(C)N(C)C(=O)OC(C)(C)C. The first-order chi connectivity index (χ1) is 8.11. The molecule has 0 aromatic carbocycles. The van der Waals surface area contributed by atoms with Gasteiger partial charge in [0.25, 0.3) is 0 Å². The van der Waals surface area contributed by atoms with Crippen molar-refractivity contribution in [3.63, 3.8) is 0 Å². The average molecular weight is 249 g/mol. The third kappa shape index (κ3) is 3.52. The average Bonchev–Trinajstić information content (AvgIpc) is 2.53. The molecule has 0 aliphatic rings. The smallest absolute Gasteiger partial charge is 0.410 e. The van der Waals surface area contributed by atoms with E-state index in [4.69, 9.17) is 12.6 Å². The van der Waals surface area contributed by atoms with Crippen LogP contribution in [0.2, 0.25) is 0 Å². The van der Waals surface area contributed by atoms with Crippen molar-refractivity contribution >= 4 is 19.5 Å². The zero-order valence-corrected chi connectivity index (χ0v) is 11.9. The van der Waals surface area contributed by atoms with Crippen LogP contribution in [0.3, 0.4) is 0 Å². The van der Waals surface area contributed by atoms with Gasteiger partial charge in [-0.3, -0.25) is 4.68 Å². The number of hydrogen-bond donors (Lipinski definition) is 0. The maximum atomic E-state index is 11.9. The van der Waals surface area contributed by atoms with Crippen LogP contribution in [0.4, 0.5) is 4.79 Å². The molecular formula is C12H20BN3O2. The summed E-state index contributed by atoms with van der Waals surface area (Å²) in [6.07, 6.45) is 1.43. The van der Waals surface area contributed by atoms with Gasteiger partial charge in [0.05, 0.1) is 6.04 Å². The van der Waals surface area contributed by atoms with Gasteiger partial charge in [-0.05, 0) is 27.7 Å². The van der Waals surface area contributed by atoms with E-state index in [0.717, 1.165) is 5.56 Å². The standard InChI is InChI=1S/C12H20BN3O2/c1-8(9-7-15(5)14-10(9)13)16(6)11(17)18-12(2,3)4/h7-8H,1-6H3. The minimum absolute atomic E-state index is 0.187. The van der Waals surface area contributed by atoms with Gasteiger partial charge in [0.1, 0.15) is 13.4 Å². The van der Waals surface area contributed by atoms with Gasteiger partial charge < -0.3 is 9.64 Å². The summed E-state index contributed by atoms with van der Waals surface area (Å²) in [4.78, 5) is 13.4. The lowest BCUT2D eigenvalue weighted by Gasteiger charge is -2.28. The quantitative estimate of drug-likeness (QED) is 0.738. The molecular weight excluding hydrogens is 229 g/mol. The molecule has 0 spiro atoms. The molecule has 1 aromatic rings. The molecule has 0 saturated heterocycles. The fourth-order valence-electron chi connectivity index (χ4n) is 1.55. The zero-order chi connectivity index (χ0) is 14.1. The third-order valence-electron chi connectivity index (χ3n) is 2.60. The van der Waals surface area contributed by atoms with Crippen LogP contribution < -0.4 is 5.59 Å². The molecule has 1 rings (SSSR count). The van der Waals surface area contributed by atoms with Crippen LogP contribution in [0, 0.1) is 0 Å². The van der Waals surface area contributed by atoms with Gasteiger partial charge >= 0.3 is 6.09 Å². The van der Waals surface area contributed by atoms with Crippen molar-refractivity contribution in [3.05, 3.63) is 11.8 Å². The zero-order valence-electron chi connectivity index (χ0n) is 11.9. The second-order valence-corrected chi connectivity index (χ2v) is 5.41. The molecule has 1 aromatic heterocycles. The Hall–Kier alpha value is -1.46. The number of hydrogen-bond acceptors (Lipinski definition) is 3. The maximum Gasteiger partial charge on any atom is 0.410 e. The van der Waals surface area contributed by atoms with Gasteiger partial charge in [0.2, 0.25) is 0 Å². The summed E-state index contributed by atoms with van der Waals surface area (Å²) < 4.78 is 6.94. The number of carbonyl (C=O) groups is 1. The number of amides is 1. The lowest BCUT2D eigenvalue weighted by Crippen LogP contribution is -2.36. The number of nitrogens with zero attached hydrogens (tertiary/aromatic N) is 3. The van der Waals surface area contributed by atoms with Crippen LogP contribution in [-0.4, -0.2) is 41.3 Å². The highest BCUT2D eigenvalue weighted by Crippen LogP contribution is 2.19. The van der Waals surface area contributed by atoms with Crippen LogP contribution in [0.25, 0.3) is 0 Å². The Morgan fingerprint density at radius 2 is 2.11 bits per heavy atom. The molecule has 0 bridgehead atoms. The van der Waals surface area contributed by atoms with Crippen molar-refractivity contribution in [1.82, 2.24) is 14.7 Å². The third-order valence-corrected chi connectivity index (χ3v) is 2.60. The van der Waals surface area contributed by atoms with Crippen molar-refractivity contribution in [2.24, 2.45) is 7.05 Å². The molecule has 1 atom stereocenters. The molecule has 0 N–H and O–H groups in total. The van der Waals surface area contributed by atoms with Gasteiger partial charge in [-0.1, -0.05) is 0 Å². The fraction of sp³-hybridized carbons (Fsp3) is 0.667. The Labute approximate surface area is 110 Å². The maximum absolute atomic E-state index is 11.9. The lowest BCUT2D eigenvalue weighted by molar-refractivity contribution is 0.0234. The summed E-state index contributed by atoms with van der Waals surface area (Å²) in [6.45, 7) is 7.39. The predicted octanol–water partition coefficient (Wildman–Crippen LogP) is 1.14. The lowest BCUT2D eigenvalue weighted by atomic mass is 9.96. The minimum Gasteiger partial charge on any atom is -0.444 e. The number of aryl methyl sites for hydroxylation is 1. The Morgan fingerprint density at radius 1 is 1.56 bits per heavy atom. The monoisotopic (exact) mass is 249 g/mol. The number of ether oxygens (including phenoxy) is 1. The molecule has 2 radical (unpaired) electrons. The highest BCUT2D eigenvalue weighted by atomic mass is 16.6. The van der Waals surface area contributed by atoms with E-state index >= 15 is 0 Å². The number of carbonyl (C=O) groups excluding carboxylic acids is 1. The van der Waals surface area contributed by atoms with E-state index in [2.05, 4.69) is 5.10 Å². The Balaban J connectivity index is 2.81. The first-order valence-corrected chi connectivity index (χ1v) is 5.86. The van der Waals surface area contributed by atoms with Crippen LogP contribution in [0.1, 0.15) is 39.3 Å².